The molecule has 8 heteroatoms. The highest BCUT2D eigenvalue weighted by atomic mass is 32.1. The van der Waals surface area contributed by atoms with Gasteiger partial charge in [0, 0.05) is 32.7 Å². The number of thiazole rings is 1. The summed E-state index contributed by atoms with van der Waals surface area (Å²) in [5.41, 5.74) is 3.71. The van der Waals surface area contributed by atoms with Crippen LogP contribution in [0.5, 0.6) is 5.75 Å². The van der Waals surface area contributed by atoms with Crippen molar-refractivity contribution in [1.29, 1.82) is 0 Å². The van der Waals surface area contributed by atoms with Gasteiger partial charge in [0.2, 0.25) is 0 Å². The van der Waals surface area contributed by atoms with Crippen molar-refractivity contribution in [2.75, 3.05) is 26.3 Å². The molecule has 1 atom stereocenters. The predicted octanol–water partition coefficient (Wildman–Crippen LogP) is 3.14. The zero-order valence-electron chi connectivity index (χ0n) is 19.4. The number of ether oxygens (including phenoxy) is 1. The summed E-state index contributed by atoms with van der Waals surface area (Å²) in [6.45, 7) is 8.30. The van der Waals surface area contributed by atoms with Crippen LogP contribution in [0.3, 0.4) is 0 Å². The zero-order valence-corrected chi connectivity index (χ0v) is 20.2. The number of aromatic hydroxyl groups is 1. The Morgan fingerprint density at radius 1 is 1.15 bits per heavy atom. The first-order chi connectivity index (χ1) is 15.9. The molecular weight excluding hydrogens is 438 g/mol. The van der Waals surface area contributed by atoms with Crippen LogP contribution in [0.15, 0.2) is 41.2 Å². The van der Waals surface area contributed by atoms with E-state index < -0.39 is 6.23 Å². The largest absolute Gasteiger partial charge is 0.506 e. The van der Waals surface area contributed by atoms with Crippen molar-refractivity contribution >= 4 is 21.6 Å². The molecule has 0 aliphatic carbocycles. The number of H-pyrrole nitrogens is 1. The van der Waals surface area contributed by atoms with Crippen LogP contribution in [0.4, 0.5) is 0 Å². The topological polar surface area (TPSA) is 107 Å². The second kappa shape index (κ2) is 12.9. The average Bonchev–Trinajstić information content (AvgIpc) is 3.18. The SMILES string of the molecule is CC(C)COCCCNCc1cccc(CCNC(O)Cc2ccc(O)c3[nH]c(=O)sc23)c1. The number of aliphatic hydroxyl groups is 1. The summed E-state index contributed by atoms with van der Waals surface area (Å²) in [6.07, 6.45) is 1.42. The lowest BCUT2D eigenvalue weighted by Gasteiger charge is -2.14. The van der Waals surface area contributed by atoms with Crippen LogP contribution < -0.4 is 15.5 Å². The highest BCUT2D eigenvalue weighted by Gasteiger charge is 2.13. The van der Waals surface area contributed by atoms with Crippen molar-refractivity contribution in [3.05, 3.63) is 62.8 Å². The van der Waals surface area contributed by atoms with Crippen molar-refractivity contribution < 1.29 is 14.9 Å². The van der Waals surface area contributed by atoms with E-state index in [2.05, 4.69) is 53.7 Å². The Balaban J connectivity index is 1.39. The standard InChI is InChI=1S/C25H35N3O4S/c1-17(2)16-32-12-4-10-26-15-19-6-3-5-18(13-19)9-11-27-22(30)14-20-7-8-21(29)23-24(20)33-25(31)28-23/h3,5-8,13,17,22,26-27,29-30H,4,9-12,14-16H2,1-2H3,(H,28,31). The van der Waals surface area contributed by atoms with Gasteiger partial charge < -0.3 is 25.3 Å². The molecule has 0 fully saturated rings. The summed E-state index contributed by atoms with van der Waals surface area (Å²) in [4.78, 5) is 14.1. The number of hydrogen-bond acceptors (Lipinski definition) is 7. The minimum Gasteiger partial charge on any atom is -0.506 e. The molecular formula is C25H35N3O4S. The molecule has 1 unspecified atom stereocenters. The fraction of sp³-hybridized carbons (Fsp3) is 0.480. The molecule has 5 N–H and O–H groups in total. The van der Waals surface area contributed by atoms with Gasteiger partial charge in [-0.05, 0) is 48.1 Å². The summed E-state index contributed by atoms with van der Waals surface area (Å²) in [7, 11) is 0. The molecule has 3 rings (SSSR count). The Labute approximate surface area is 198 Å². The Bertz CT molecular complexity index is 1060. The molecule has 2 aromatic carbocycles. The van der Waals surface area contributed by atoms with Crippen LogP contribution in [-0.2, 0) is 24.1 Å². The fourth-order valence-electron chi connectivity index (χ4n) is 3.64. The molecule has 0 amide bonds. The molecule has 3 aromatic rings. The maximum atomic E-state index is 11.6. The lowest BCUT2D eigenvalue weighted by Crippen LogP contribution is -2.32. The number of fused-ring (bicyclic) bond motifs is 1. The van der Waals surface area contributed by atoms with Crippen LogP contribution >= 0.6 is 11.3 Å². The predicted molar refractivity (Wildman–Crippen MR) is 134 cm³/mol. The fourth-order valence-corrected chi connectivity index (χ4v) is 4.52. The van der Waals surface area contributed by atoms with Crippen LogP contribution in [0.2, 0.25) is 0 Å². The van der Waals surface area contributed by atoms with E-state index in [4.69, 9.17) is 4.74 Å². The molecule has 0 spiro atoms. The van der Waals surface area contributed by atoms with Crippen molar-refractivity contribution in [1.82, 2.24) is 15.6 Å². The van der Waals surface area contributed by atoms with E-state index in [-0.39, 0.29) is 10.6 Å². The third kappa shape index (κ3) is 8.24. The van der Waals surface area contributed by atoms with Crippen molar-refractivity contribution in [3.63, 3.8) is 0 Å². The van der Waals surface area contributed by atoms with Crippen LogP contribution in [0.1, 0.15) is 37.0 Å². The molecule has 1 heterocycles. The zero-order chi connectivity index (χ0) is 23.6. The first kappa shape index (κ1) is 25.4. The molecule has 33 heavy (non-hydrogen) atoms. The Morgan fingerprint density at radius 3 is 2.79 bits per heavy atom. The van der Waals surface area contributed by atoms with Gasteiger partial charge >= 0.3 is 4.87 Å². The van der Waals surface area contributed by atoms with E-state index in [1.807, 2.05) is 0 Å². The van der Waals surface area contributed by atoms with E-state index in [0.29, 0.717) is 29.1 Å². The van der Waals surface area contributed by atoms with E-state index in [9.17, 15) is 15.0 Å². The summed E-state index contributed by atoms with van der Waals surface area (Å²) < 4.78 is 6.29. The molecule has 0 aliphatic heterocycles. The van der Waals surface area contributed by atoms with Gasteiger partial charge in [0.25, 0.3) is 0 Å². The molecule has 0 bridgehead atoms. The summed E-state index contributed by atoms with van der Waals surface area (Å²) >= 11 is 1.05. The Morgan fingerprint density at radius 2 is 1.97 bits per heavy atom. The van der Waals surface area contributed by atoms with E-state index in [1.165, 1.54) is 11.1 Å². The van der Waals surface area contributed by atoms with Gasteiger partial charge in [-0.2, -0.15) is 0 Å². The quantitative estimate of drug-likeness (QED) is 0.182. The second-order valence-electron chi connectivity index (χ2n) is 8.71. The van der Waals surface area contributed by atoms with Gasteiger partial charge in [0.15, 0.2) is 0 Å². The minimum absolute atomic E-state index is 0.0448. The van der Waals surface area contributed by atoms with E-state index >= 15 is 0 Å². The summed E-state index contributed by atoms with van der Waals surface area (Å²) in [6, 6.07) is 11.8. The number of phenols is 1. The number of nitrogens with one attached hydrogen (secondary N) is 3. The molecule has 7 nitrogen and oxygen atoms in total. The summed E-state index contributed by atoms with van der Waals surface area (Å²) in [5, 5.41) is 26.9. The number of phenolic OH excluding ortho intramolecular Hbond substituents is 1. The Hall–Kier alpha value is -2.23. The molecule has 0 radical (unpaired) electrons. The smallest absolute Gasteiger partial charge is 0.305 e. The molecule has 180 valence electrons. The lowest BCUT2D eigenvalue weighted by molar-refractivity contribution is 0.108. The number of benzene rings is 2. The summed E-state index contributed by atoms with van der Waals surface area (Å²) in [5.74, 6) is 0.621. The highest BCUT2D eigenvalue weighted by Crippen LogP contribution is 2.28. The number of hydrogen-bond donors (Lipinski definition) is 5. The van der Waals surface area contributed by atoms with Gasteiger partial charge in [0.1, 0.15) is 17.5 Å². The van der Waals surface area contributed by atoms with Crippen molar-refractivity contribution in [3.8, 4) is 5.75 Å². The normalized spacial score (nSPS) is 12.6. The number of aromatic nitrogens is 1. The average molecular weight is 474 g/mol. The van der Waals surface area contributed by atoms with Crippen LogP contribution in [-0.4, -0.2) is 47.7 Å². The van der Waals surface area contributed by atoms with Gasteiger partial charge in [0.05, 0.1) is 4.70 Å². The maximum absolute atomic E-state index is 11.6. The van der Waals surface area contributed by atoms with Gasteiger partial charge in [-0.25, -0.2) is 0 Å². The number of aliphatic hydroxyl groups excluding tert-OH is 1. The van der Waals surface area contributed by atoms with Crippen molar-refractivity contribution in [2.24, 2.45) is 5.92 Å². The first-order valence-electron chi connectivity index (χ1n) is 11.5. The molecule has 0 saturated heterocycles. The third-order valence-corrected chi connectivity index (χ3v) is 6.22. The number of rotatable bonds is 14. The minimum atomic E-state index is -0.738. The monoisotopic (exact) mass is 473 g/mol. The van der Waals surface area contributed by atoms with Gasteiger partial charge in [-0.1, -0.05) is 55.5 Å². The molecule has 0 aliphatic rings. The maximum Gasteiger partial charge on any atom is 0.305 e. The van der Waals surface area contributed by atoms with Gasteiger partial charge in [-0.3, -0.25) is 10.1 Å². The van der Waals surface area contributed by atoms with Crippen LogP contribution in [0, 0.1) is 5.92 Å². The molecule has 1 aromatic heterocycles. The van der Waals surface area contributed by atoms with E-state index in [0.717, 1.165) is 56.0 Å². The van der Waals surface area contributed by atoms with Gasteiger partial charge in [-0.15, -0.1) is 0 Å². The molecule has 0 saturated carbocycles. The number of aromatic amines is 1. The first-order valence-corrected chi connectivity index (χ1v) is 12.4. The van der Waals surface area contributed by atoms with Crippen LogP contribution in [0.25, 0.3) is 10.2 Å². The second-order valence-corrected chi connectivity index (χ2v) is 9.69. The lowest BCUT2D eigenvalue weighted by atomic mass is 10.1. The third-order valence-electron chi connectivity index (χ3n) is 5.26. The van der Waals surface area contributed by atoms with E-state index in [1.54, 1.807) is 12.1 Å². The Kier molecular flexibility index (Phi) is 9.90. The van der Waals surface area contributed by atoms with Crippen molar-refractivity contribution in [2.45, 2.75) is 45.9 Å². The highest BCUT2D eigenvalue weighted by molar-refractivity contribution is 7.16.